The predicted octanol–water partition coefficient (Wildman–Crippen LogP) is 2.42. The van der Waals surface area contributed by atoms with Gasteiger partial charge in [-0.25, -0.2) is 22.8 Å². The molecule has 0 bridgehead atoms. The van der Waals surface area contributed by atoms with Crippen molar-refractivity contribution in [2.75, 3.05) is 11.5 Å². The number of aryl methyl sites for hydroxylation is 3. The summed E-state index contributed by atoms with van der Waals surface area (Å²) in [5, 5.41) is 8.96. The number of benzene rings is 1. The van der Waals surface area contributed by atoms with Gasteiger partial charge in [-0.15, -0.1) is 0 Å². The van der Waals surface area contributed by atoms with Crippen LogP contribution in [-0.4, -0.2) is 44.5 Å². The van der Waals surface area contributed by atoms with Gasteiger partial charge in [-0.05, 0) is 57.5 Å². The van der Waals surface area contributed by atoms with Gasteiger partial charge in [-0.3, -0.25) is 0 Å². The highest BCUT2D eigenvalue weighted by Gasteiger charge is 2.31. The fourth-order valence-corrected chi connectivity index (χ4v) is 5.18. The lowest BCUT2D eigenvalue weighted by Crippen LogP contribution is -2.14. The van der Waals surface area contributed by atoms with E-state index in [1.165, 1.54) is 0 Å². The van der Waals surface area contributed by atoms with Crippen molar-refractivity contribution < 1.29 is 8.42 Å². The molecule has 7 nitrogen and oxygen atoms in total. The van der Waals surface area contributed by atoms with Gasteiger partial charge in [0.1, 0.15) is 5.82 Å². The summed E-state index contributed by atoms with van der Waals surface area (Å²) in [6.45, 7) is 5.82. The molecule has 0 N–H and O–H groups in total. The van der Waals surface area contributed by atoms with Crippen LogP contribution in [0.5, 0.6) is 0 Å². The Kier molecular flexibility index (Phi) is 3.95. The van der Waals surface area contributed by atoms with Gasteiger partial charge in [-0.1, -0.05) is 0 Å². The minimum absolute atomic E-state index is 0.132. The fourth-order valence-electron chi connectivity index (χ4n) is 3.49. The van der Waals surface area contributed by atoms with E-state index in [0.717, 1.165) is 22.6 Å². The lowest BCUT2D eigenvalue weighted by Gasteiger charge is -2.12. The maximum Gasteiger partial charge on any atom is 0.158 e. The van der Waals surface area contributed by atoms with Crippen molar-refractivity contribution in [2.45, 2.75) is 33.2 Å². The van der Waals surface area contributed by atoms with E-state index in [2.05, 4.69) is 15.2 Å². The Labute approximate surface area is 152 Å². The quantitative estimate of drug-likeness (QED) is 0.706. The summed E-state index contributed by atoms with van der Waals surface area (Å²) in [5.74, 6) is 1.70. The molecule has 1 atom stereocenters. The lowest BCUT2D eigenvalue weighted by atomic mass is 10.1. The zero-order valence-corrected chi connectivity index (χ0v) is 15.9. The SMILES string of the molecule is Cc1cc(C)n(-c2ccc(-c3nc(C)nn3[C@H]3CCS(=O)(=O)C3)cc2)n1. The van der Waals surface area contributed by atoms with E-state index in [1.807, 2.05) is 55.8 Å². The molecule has 136 valence electrons. The van der Waals surface area contributed by atoms with Gasteiger partial charge in [-0.2, -0.15) is 10.2 Å². The van der Waals surface area contributed by atoms with E-state index in [0.29, 0.717) is 18.1 Å². The third-order valence-corrected chi connectivity index (χ3v) is 6.42. The molecular weight excluding hydrogens is 350 g/mol. The molecule has 1 aliphatic heterocycles. The molecule has 8 heteroatoms. The molecule has 0 amide bonds. The number of hydrogen-bond donors (Lipinski definition) is 0. The van der Waals surface area contributed by atoms with E-state index < -0.39 is 9.84 Å². The first kappa shape index (κ1) is 17.0. The first-order chi connectivity index (χ1) is 12.3. The fraction of sp³-hybridized carbons (Fsp3) is 0.389. The maximum absolute atomic E-state index is 11.8. The molecule has 4 rings (SSSR count). The molecule has 0 saturated carbocycles. The molecule has 0 radical (unpaired) electrons. The molecule has 1 aromatic carbocycles. The van der Waals surface area contributed by atoms with Gasteiger partial charge in [0.25, 0.3) is 0 Å². The van der Waals surface area contributed by atoms with Crippen LogP contribution >= 0.6 is 0 Å². The second-order valence-electron chi connectivity index (χ2n) is 6.87. The summed E-state index contributed by atoms with van der Waals surface area (Å²) < 4.78 is 27.3. The van der Waals surface area contributed by atoms with Crippen molar-refractivity contribution in [3.05, 3.63) is 47.5 Å². The van der Waals surface area contributed by atoms with Crippen LogP contribution in [0.2, 0.25) is 0 Å². The zero-order valence-electron chi connectivity index (χ0n) is 15.0. The van der Waals surface area contributed by atoms with Gasteiger partial charge < -0.3 is 0 Å². The number of sulfone groups is 1. The molecule has 1 saturated heterocycles. The molecule has 26 heavy (non-hydrogen) atoms. The second kappa shape index (κ2) is 6.05. The lowest BCUT2D eigenvalue weighted by molar-refractivity contribution is 0.501. The van der Waals surface area contributed by atoms with Crippen LogP contribution in [0.15, 0.2) is 30.3 Å². The normalized spacial score (nSPS) is 19.1. The minimum Gasteiger partial charge on any atom is -0.241 e. The number of aromatic nitrogens is 5. The Hall–Kier alpha value is -2.48. The average molecular weight is 371 g/mol. The van der Waals surface area contributed by atoms with E-state index >= 15 is 0 Å². The maximum atomic E-state index is 11.8. The number of hydrogen-bond acceptors (Lipinski definition) is 5. The molecule has 3 aromatic rings. The monoisotopic (exact) mass is 371 g/mol. The summed E-state index contributed by atoms with van der Waals surface area (Å²) in [5.41, 5.74) is 3.94. The highest BCUT2D eigenvalue weighted by molar-refractivity contribution is 7.91. The van der Waals surface area contributed by atoms with Crippen LogP contribution in [0.25, 0.3) is 17.1 Å². The zero-order chi connectivity index (χ0) is 18.5. The van der Waals surface area contributed by atoms with Crippen LogP contribution in [0.4, 0.5) is 0 Å². The van der Waals surface area contributed by atoms with Gasteiger partial charge in [0, 0.05) is 11.3 Å². The van der Waals surface area contributed by atoms with Crippen molar-refractivity contribution in [1.29, 1.82) is 0 Å². The largest absolute Gasteiger partial charge is 0.241 e. The summed E-state index contributed by atoms with van der Waals surface area (Å²) in [7, 11) is -2.98. The van der Waals surface area contributed by atoms with Gasteiger partial charge in [0.2, 0.25) is 0 Å². The Morgan fingerprint density at radius 2 is 1.81 bits per heavy atom. The van der Waals surface area contributed by atoms with Crippen LogP contribution < -0.4 is 0 Å². The highest BCUT2D eigenvalue weighted by Crippen LogP contribution is 2.28. The van der Waals surface area contributed by atoms with E-state index in [4.69, 9.17) is 0 Å². The van der Waals surface area contributed by atoms with E-state index in [9.17, 15) is 8.42 Å². The van der Waals surface area contributed by atoms with Crippen LogP contribution in [0, 0.1) is 20.8 Å². The molecule has 0 unspecified atom stereocenters. The molecule has 0 spiro atoms. The molecular formula is C18H21N5O2S. The van der Waals surface area contributed by atoms with E-state index in [-0.39, 0.29) is 17.5 Å². The summed E-state index contributed by atoms with van der Waals surface area (Å²) in [6.07, 6.45) is 0.585. The van der Waals surface area contributed by atoms with Crippen LogP contribution in [-0.2, 0) is 9.84 Å². The summed E-state index contributed by atoms with van der Waals surface area (Å²) >= 11 is 0. The molecule has 1 aliphatic rings. The Morgan fingerprint density at radius 1 is 1.08 bits per heavy atom. The average Bonchev–Trinajstić information content (AvgIpc) is 3.24. The first-order valence-corrected chi connectivity index (χ1v) is 10.4. The van der Waals surface area contributed by atoms with Crippen molar-refractivity contribution in [3.63, 3.8) is 0 Å². The van der Waals surface area contributed by atoms with Crippen molar-refractivity contribution >= 4 is 9.84 Å². The van der Waals surface area contributed by atoms with Crippen molar-refractivity contribution in [2.24, 2.45) is 0 Å². The predicted molar refractivity (Wildman–Crippen MR) is 99.1 cm³/mol. The van der Waals surface area contributed by atoms with Crippen LogP contribution in [0.1, 0.15) is 29.7 Å². The second-order valence-corrected chi connectivity index (χ2v) is 9.10. The number of nitrogens with zero attached hydrogens (tertiary/aromatic N) is 5. The first-order valence-electron chi connectivity index (χ1n) is 8.60. The summed E-state index contributed by atoms with van der Waals surface area (Å²) in [6, 6.07) is 9.84. The smallest absolute Gasteiger partial charge is 0.158 e. The third-order valence-electron chi connectivity index (χ3n) is 4.67. The molecule has 1 fully saturated rings. The van der Waals surface area contributed by atoms with Crippen molar-refractivity contribution in [3.8, 4) is 17.1 Å². The Balaban J connectivity index is 1.69. The molecule has 0 aliphatic carbocycles. The minimum atomic E-state index is -2.98. The van der Waals surface area contributed by atoms with Gasteiger partial charge >= 0.3 is 0 Å². The van der Waals surface area contributed by atoms with Crippen molar-refractivity contribution in [1.82, 2.24) is 24.5 Å². The number of rotatable bonds is 3. The topological polar surface area (TPSA) is 82.7 Å². The van der Waals surface area contributed by atoms with E-state index in [1.54, 1.807) is 4.68 Å². The van der Waals surface area contributed by atoms with Crippen LogP contribution in [0.3, 0.4) is 0 Å². The summed E-state index contributed by atoms with van der Waals surface area (Å²) in [4.78, 5) is 4.53. The third kappa shape index (κ3) is 3.05. The molecule has 2 aromatic heterocycles. The highest BCUT2D eigenvalue weighted by atomic mass is 32.2. The Bertz CT molecular complexity index is 1060. The Morgan fingerprint density at radius 3 is 2.38 bits per heavy atom. The van der Waals surface area contributed by atoms with Gasteiger partial charge in [0.15, 0.2) is 15.7 Å². The standard InChI is InChI=1S/C18H21N5O2S/c1-12-10-13(2)22(20-12)16-6-4-15(5-7-16)18-19-14(3)21-23(18)17-8-9-26(24,25)11-17/h4-7,10,17H,8-9,11H2,1-3H3/t17-/m0/s1. The van der Waals surface area contributed by atoms with Gasteiger partial charge in [0.05, 0.1) is 28.9 Å². The molecule has 3 heterocycles.